The van der Waals surface area contributed by atoms with Crippen molar-refractivity contribution in [1.82, 2.24) is 19.7 Å². The number of benzene rings is 1. The molecule has 1 amide bonds. The molecule has 2 aromatic rings. The summed E-state index contributed by atoms with van der Waals surface area (Å²) in [4.78, 5) is 24.1. The van der Waals surface area contributed by atoms with Crippen LogP contribution in [0.15, 0.2) is 35.8 Å². The minimum Gasteiger partial charge on any atom is -0.491 e. The number of ether oxygens (including phenoxy) is 2. The molecule has 1 aromatic heterocycles. The van der Waals surface area contributed by atoms with E-state index in [1.807, 2.05) is 28.6 Å². The van der Waals surface area contributed by atoms with Crippen molar-refractivity contribution in [1.29, 1.82) is 0 Å². The maximum Gasteiger partial charge on any atom is 0.225 e. The number of carbonyl (C=O) groups excluding carboxylic acids is 1. The predicted molar refractivity (Wildman–Crippen MR) is 122 cm³/mol. The van der Waals surface area contributed by atoms with Crippen LogP contribution < -0.4 is 4.74 Å². The number of hydrogen-bond donors (Lipinski definition) is 0. The van der Waals surface area contributed by atoms with Crippen LogP contribution in [-0.4, -0.2) is 90.7 Å². The van der Waals surface area contributed by atoms with Crippen LogP contribution in [0, 0.1) is 0 Å². The first kappa shape index (κ1) is 22.5. The molecule has 31 heavy (non-hydrogen) atoms. The standard InChI is InChI=1S/C22H29ClN4O3S/c1-25-7-9-27(10-8-25)21(28)14-22(17-29-19-4-2-18(23)3-5-19)16-26(11-12-30-22)15-20-24-6-13-31-20/h2-6,13H,7-12,14-17H2,1H3/t22-/m1/s1. The number of halogens is 1. The summed E-state index contributed by atoms with van der Waals surface area (Å²) in [7, 11) is 2.09. The van der Waals surface area contributed by atoms with Crippen molar-refractivity contribution in [2.24, 2.45) is 0 Å². The van der Waals surface area contributed by atoms with Gasteiger partial charge in [-0.15, -0.1) is 11.3 Å². The number of carbonyl (C=O) groups is 1. The van der Waals surface area contributed by atoms with E-state index >= 15 is 0 Å². The monoisotopic (exact) mass is 464 g/mol. The van der Waals surface area contributed by atoms with Crippen molar-refractivity contribution < 1.29 is 14.3 Å². The van der Waals surface area contributed by atoms with Gasteiger partial charge in [-0.3, -0.25) is 9.69 Å². The zero-order valence-electron chi connectivity index (χ0n) is 17.8. The molecule has 2 aliphatic heterocycles. The summed E-state index contributed by atoms with van der Waals surface area (Å²) in [6.07, 6.45) is 2.13. The van der Waals surface area contributed by atoms with Gasteiger partial charge < -0.3 is 19.3 Å². The molecule has 2 fully saturated rings. The first-order chi connectivity index (χ1) is 15.0. The van der Waals surface area contributed by atoms with E-state index in [9.17, 15) is 4.79 Å². The SMILES string of the molecule is CN1CCN(C(=O)C[C@]2(COc3ccc(Cl)cc3)CN(Cc3nccs3)CCO2)CC1. The van der Waals surface area contributed by atoms with E-state index in [-0.39, 0.29) is 5.91 Å². The van der Waals surface area contributed by atoms with E-state index in [4.69, 9.17) is 21.1 Å². The number of amides is 1. The minimum atomic E-state index is -0.699. The average Bonchev–Trinajstić information content (AvgIpc) is 3.27. The van der Waals surface area contributed by atoms with E-state index in [2.05, 4.69) is 21.8 Å². The van der Waals surface area contributed by atoms with Gasteiger partial charge in [0.25, 0.3) is 0 Å². The third-order valence-electron chi connectivity index (χ3n) is 5.81. The highest BCUT2D eigenvalue weighted by Crippen LogP contribution is 2.27. The van der Waals surface area contributed by atoms with Crippen molar-refractivity contribution in [3.8, 4) is 5.75 Å². The van der Waals surface area contributed by atoms with Gasteiger partial charge in [0.15, 0.2) is 0 Å². The molecule has 4 rings (SSSR count). The van der Waals surface area contributed by atoms with E-state index in [1.54, 1.807) is 23.5 Å². The number of rotatable bonds is 7. The van der Waals surface area contributed by atoms with Gasteiger partial charge in [-0.2, -0.15) is 0 Å². The van der Waals surface area contributed by atoms with Gasteiger partial charge in [0.05, 0.1) is 19.6 Å². The molecule has 0 aliphatic carbocycles. The van der Waals surface area contributed by atoms with Gasteiger partial charge >= 0.3 is 0 Å². The Labute approximate surface area is 192 Å². The van der Waals surface area contributed by atoms with E-state index in [0.717, 1.165) is 50.0 Å². The fraction of sp³-hybridized carbons (Fsp3) is 0.545. The molecular formula is C22H29ClN4O3S. The summed E-state index contributed by atoms with van der Waals surface area (Å²) in [6, 6.07) is 7.29. The summed E-state index contributed by atoms with van der Waals surface area (Å²) in [6.45, 7) is 6.37. The lowest BCUT2D eigenvalue weighted by Crippen LogP contribution is -2.58. The Balaban J connectivity index is 1.46. The molecule has 1 atom stereocenters. The van der Waals surface area contributed by atoms with Gasteiger partial charge in [0.2, 0.25) is 5.91 Å². The van der Waals surface area contributed by atoms with Crippen LogP contribution in [0.5, 0.6) is 5.75 Å². The molecule has 0 bridgehead atoms. The van der Waals surface area contributed by atoms with Gasteiger partial charge in [0.1, 0.15) is 23.0 Å². The number of aromatic nitrogens is 1. The van der Waals surface area contributed by atoms with E-state index in [0.29, 0.717) is 31.2 Å². The Morgan fingerprint density at radius 1 is 1.23 bits per heavy atom. The lowest BCUT2D eigenvalue weighted by atomic mass is 9.96. The zero-order chi connectivity index (χ0) is 21.7. The molecular weight excluding hydrogens is 436 g/mol. The molecule has 9 heteroatoms. The Morgan fingerprint density at radius 2 is 2.00 bits per heavy atom. The first-order valence-corrected chi connectivity index (χ1v) is 11.9. The van der Waals surface area contributed by atoms with Gasteiger partial charge in [-0.05, 0) is 31.3 Å². The highest BCUT2D eigenvalue weighted by atomic mass is 35.5. The normalized spacial score (nSPS) is 23.1. The van der Waals surface area contributed by atoms with Crippen LogP contribution in [0.4, 0.5) is 0 Å². The summed E-state index contributed by atoms with van der Waals surface area (Å²) < 4.78 is 12.4. The number of morpholine rings is 1. The Bertz CT molecular complexity index is 843. The van der Waals surface area contributed by atoms with Crippen molar-refractivity contribution >= 4 is 28.8 Å². The molecule has 0 radical (unpaired) electrons. The number of hydrogen-bond acceptors (Lipinski definition) is 7. The maximum absolute atomic E-state index is 13.2. The Morgan fingerprint density at radius 3 is 2.71 bits per heavy atom. The van der Waals surface area contributed by atoms with Crippen molar-refractivity contribution in [3.05, 3.63) is 45.9 Å². The highest BCUT2D eigenvalue weighted by Gasteiger charge is 2.41. The van der Waals surface area contributed by atoms with Crippen LogP contribution >= 0.6 is 22.9 Å². The number of likely N-dealkylation sites (N-methyl/N-ethyl adjacent to an activating group) is 1. The summed E-state index contributed by atoms with van der Waals surface area (Å²) in [5.74, 6) is 0.848. The fourth-order valence-electron chi connectivity index (χ4n) is 4.01. The van der Waals surface area contributed by atoms with Crippen LogP contribution in [0.3, 0.4) is 0 Å². The van der Waals surface area contributed by atoms with Crippen LogP contribution in [0.2, 0.25) is 5.02 Å². The molecule has 0 N–H and O–H groups in total. The number of piperazine rings is 1. The molecule has 3 heterocycles. The van der Waals surface area contributed by atoms with Gasteiger partial charge in [-0.25, -0.2) is 4.98 Å². The van der Waals surface area contributed by atoms with Gasteiger partial charge in [0, 0.05) is 55.9 Å². The lowest BCUT2D eigenvalue weighted by Gasteiger charge is -2.43. The second kappa shape index (κ2) is 10.3. The van der Waals surface area contributed by atoms with Crippen LogP contribution in [0.25, 0.3) is 0 Å². The molecule has 0 spiro atoms. The smallest absolute Gasteiger partial charge is 0.225 e. The van der Waals surface area contributed by atoms with Crippen LogP contribution in [-0.2, 0) is 16.1 Å². The Hall–Kier alpha value is -1.71. The zero-order valence-corrected chi connectivity index (χ0v) is 19.4. The fourth-order valence-corrected chi connectivity index (χ4v) is 4.80. The second-order valence-corrected chi connectivity index (χ2v) is 9.69. The molecule has 2 saturated heterocycles. The first-order valence-electron chi connectivity index (χ1n) is 10.6. The molecule has 0 unspecified atom stereocenters. The molecule has 7 nitrogen and oxygen atoms in total. The number of nitrogens with zero attached hydrogens (tertiary/aromatic N) is 4. The lowest BCUT2D eigenvalue weighted by molar-refractivity contribution is -0.157. The summed E-state index contributed by atoms with van der Waals surface area (Å²) in [5, 5.41) is 3.72. The predicted octanol–water partition coefficient (Wildman–Crippen LogP) is 2.61. The summed E-state index contributed by atoms with van der Waals surface area (Å²) >= 11 is 7.64. The molecule has 2 aliphatic rings. The Kier molecular flexibility index (Phi) is 7.45. The topological polar surface area (TPSA) is 58.1 Å². The van der Waals surface area contributed by atoms with Crippen molar-refractivity contribution in [3.63, 3.8) is 0 Å². The van der Waals surface area contributed by atoms with E-state index < -0.39 is 5.60 Å². The largest absolute Gasteiger partial charge is 0.491 e. The average molecular weight is 465 g/mol. The molecule has 0 saturated carbocycles. The number of thiazole rings is 1. The second-order valence-electron chi connectivity index (χ2n) is 8.27. The van der Waals surface area contributed by atoms with Crippen LogP contribution in [0.1, 0.15) is 11.4 Å². The van der Waals surface area contributed by atoms with Crippen molar-refractivity contribution in [2.45, 2.75) is 18.6 Å². The quantitative estimate of drug-likeness (QED) is 0.627. The minimum absolute atomic E-state index is 0.129. The van der Waals surface area contributed by atoms with Crippen molar-refractivity contribution in [2.75, 3.05) is 59.5 Å². The summed E-state index contributed by atoms with van der Waals surface area (Å²) in [5.41, 5.74) is -0.699. The third-order valence-corrected chi connectivity index (χ3v) is 6.83. The molecule has 1 aromatic carbocycles. The maximum atomic E-state index is 13.2. The molecule has 168 valence electrons. The van der Waals surface area contributed by atoms with E-state index in [1.165, 1.54) is 0 Å². The highest BCUT2D eigenvalue weighted by molar-refractivity contribution is 7.09. The third kappa shape index (κ3) is 6.17. The van der Waals surface area contributed by atoms with Gasteiger partial charge in [-0.1, -0.05) is 11.6 Å².